The van der Waals surface area contributed by atoms with E-state index in [1.54, 1.807) is 23.1 Å². The molecule has 0 aliphatic rings. The van der Waals surface area contributed by atoms with E-state index in [1.165, 1.54) is 6.07 Å². The summed E-state index contributed by atoms with van der Waals surface area (Å²) in [6.07, 6.45) is 5.38. The van der Waals surface area contributed by atoms with Crippen LogP contribution < -0.4 is 0 Å². The van der Waals surface area contributed by atoms with Crippen molar-refractivity contribution < 1.29 is 4.39 Å². The molecule has 90 valence electrons. The number of hydrogen-bond donors (Lipinski definition) is 0. The van der Waals surface area contributed by atoms with Gasteiger partial charge in [-0.15, -0.1) is 0 Å². The predicted octanol–water partition coefficient (Wildman–Crippen LogP) is 3.38. The van der Waals surface area contributed by atoms with Crippen LogP contribution >= 0.6 is 22.6 Å². The molecule has 0 N–H and O–H groups in total. The van der Waals surface area contributed by atoms with Crippen LogP contribution in [0.15, 0.2) is 36.8 Å². The number of aromatic nitrogens is 3. The summed E-state index contributed by atoms with van der Waals surface area (Å²) in [5, 5.41) is 5.94. The fourth-order valence-corrected chi connectivity index (χ4v) is 2.50. The molecule has 3 nitrogen and oxygen atoms in total. The molecular weight excluding hydrogens is 344 g/mol. The van der Waals surface area contributed by atoms with Crippen molar-refractivity contribution in [1.82, 2.24) is 14.8 Å². The zero-order valence-corrected chi connectivity index (χ0v) is 11.7. The summed E-state index contributed by atoms with van der Waals surface area (Å²) < 4.78 is 15.8. The van der Waals surface area contributed by atoms with Crippen molar-refractivity contribution in [3.05, 3.63) is 46.2 Å². The van der Waals surface area contributed by atoms with Crippen LogP contribution in [-0.2, 0) is 7.05 Å². The van der Waals surface area contributed by atoms with Crippen LogP contribution in [0, 0.1) is 9.39 Å². The second-order valence-corrected chi connectivity index (χ2v) is 5.13. The molecule has 1 aromatic carbocycles. The van der Waals surface area contributed by atoms with E-state index >= 15 is 0 Å². The van der Waals surface area contributed by atoms with Crippen molar-refractivity contribution in [3.63, 3.8) is 0 Å². The van der Waals surface area contributed by atoms with Gasteiger partial charge in [-0.1, -0.05) is 6.07 Å². The largest absolute Gasteiger partial charge is 0.275 e. The Labute approximate surface area is 117 Å². The van der Waals surface area contributed by atoms with Crippen molar-refractivity contribution in [2.24, 2.45) is 7.05 Å². The third-order valence-corrected chi connectivity index (χ3v) is 3.89. The quantitative estimate of drug-likeness (QED) is 0.628. The van der Waals surface area contributed by atoms with Gasteiger partial charge in [-0.05, 0) is 40.1 Å². The van der Waals surface area contributed by atoms with Crippen molar-refractivity contribution in [1.29, 1.82) is 0 Å². The summed E-state index contributed by atoms with van der Waals surface area (Å²) in [6, 6.07) is 5.21. The molecule has 3 aromatic rings. The van der Waals surface area contributed by atoms with Crippen LogP contribution in [0.1, 0.15) is 0 Å². The standard InChI is InChI=1S/C13H9FIN3/c1-18-7-9(5-17-18)12-4-8-2-3-11(14)13(15)10(8)6-16-12/h2-7H,1H3. The van der Waals surface area contributed by atoms with Gasteiger partial charge in [0.05, 0.1) is 15.5 Å². The molecule has 5 heteroatoms. The number of halogens is 2. The molecule has 2 aromatic heterocycles. The Morgan fingerprint density at radius 1 is 1.28 bits per heavy atom. The van der Waals surface area contributed by atoms with E-state index in [2.05, 4.69) is 10.1 Å². The number of rotatable bonds is 1. The Kier molecular flexibility index (Phi) is 2.77. The molecule has 0 aliphatic carbocycles. The fourth-order valence-electron chi connectivity index (χ4n) is 1.87. The zero-order valence-electron chi connectivity index (χ0n) is 9.56. The summed E-state index contributed by atoms with van der Waals surface area (Å²) >= 11 is 2.00. The first kappa shape index (κ1) is 11.6. The van der Waals surface area contributed by atoms with Crippen LogP contribution in [0.25, 0.3) is 22.0 Å². The van der Waals surface area contributed by atoms with Crippen molar-refractivity contribution in [2.75, 3.05) is 0 Å². The molecule has 0 spiro atoms. The fraction of sp³-hybridized carbons (Fsp3) is 0.0769. The SMILES string of the molecule is Cn1cc(-c2cc3ccc(F)c(I)c3cn2)cn1. The number of hydrogen-bond acceptors (Lipinski definition) is 2. The lowest BCUT2D eigenvalue weighted by Gasteiger charge is -2.03. The summed E-state index contributed by atoms with van der Waals surface area (Å²) in [4.78, 5) is 4.37. The summed E-state index contributed by atoms with van der Waals surface area (Å²) in [7, 11) is 1.86. The lowest BCUT2D eigenvalue weighted by molar-refractivity contribution is 0.622. The second kappa shape index (κ2) is 4.31. The molecule has 3 rings (SSSR count). The van der Waals surface area contributed by atoms with Gasteiger partial charge in [0.1, 0.15) is 5.82 Å². The number of nitrogens with zero attached hydrogens (tertiary/aromatic N) is 3. The second-order valence-electron chi connectivity index (χ2n) is 4.05. The normalized spacial score (nSPS) is 11.1. The lowest BCUT2D eigenvalue weighted by atomic mass is 10.1. The minimum atomic E-state index is -0.209. The third kappa shape index (κ3) is 1.88. The zero-order chi connectivity index (χ0) is 12.7. The highest BCUT2D eigenvalue weighted by atomic mass is 127. The van der Waals surface area contributed by atoms with Gasteiger partial charge in [0.25, 0.3) is 0 Å². The Bertz CT molecular complexity index is 736. The van der Waals surface area contributed by atoms with Gasteiger partial charge in [0.2, 0.25) is 0 Å². The Morgan fingerprint density at radius 3 is 2.83 bits per heavy atom. The van der Waals surface area contributed by atoms with E-state index in [1.807, 2.05) is 41.9 Å². The third-order valence-electron chi connectivity index (χ3n) is 2.79. The minimum absolute atomic E-state index is 0.209. The van der Waals surface area contributed by atoms with Crippen LogP contribution in [0.5, 0.6) is 0 Å². The molecule has 0 amide bonds. The highest BCUT2D eigenvalue weighted by molar-refractivity contribution is 14.1. The molecule has 0 unspecified atom stereocenters. The molecule has 0 bridgehead atoms. The molecule has 0 fully saturated rings. The number of benzene rings is 1. The highest BCUT2D eigenvalue weighted by Crippen LogP contribution is 2.26. The molecule has 0 saturated heterocycles. The maximum atomic E-state index is 13.4. The summed E-state index contributed by atoms with van der Waals surface area (Å²) in [5.74, 6) is -0.209. The van der Waals surface area contributed by atoms with Crippen molar-refractivity contribution in [3.8, 4) is 11.3 Å². The molecule has 0 atom stereocenters. The predicted molar refractivity (Wildman–Crippen MR) is 76.6 cm³/mol. The smallest absolute Gasteiger partial charge is 0.137 e. The van der Waals surface area contributed by atoms with Gasteiger partial charge in [0.15, 0.2) is 0 Å². The molecule has 0 saturated carbocycles. The van der Waals surface area contributed by atoms with E-state index in [0.717, 1.165) is 22.0 Å². The average Bonchev–Trinajstić information content (AvgIpc) is 2.80. The van der Waals surface area contributed by atoms with E-state index in [-0.39, 0.29) is 5.82 Å². The van der Waals surface area contributed by atoms with Crippen LogP contribution in [0.3, 0.4) is 0 Å². The maximum Gasteiger partial charge on any atom is 0.137 e. The number of aryl methyl sites for hydroxylation is 1. The average molecular weight is 353 g/mol. The van der Waals surface area contributed by atoms with Gasteiger partial charge in [0, 0.05) is 30.4 Å². The first-order valence-corrected chi connectivity index (χ1v) is 6.46. The molecule has 0 aliphatic heterocycles. The monoisotopic (exact) mass is 353 g/mol. The Morgan fingerprint density at radius 2 is 2.11 bits per heavy atom. The van der Waals surface area contributed by atoms with Gasteiger partial charge in [-0.3, -0.25) is 9.67 Å². The van der Waals surface area contributed by atoms with Gasteiger partial charge in [-0.2, -0.15) is 5.10 Å². The topological polar surface area (TPSA) is 30.7 Å². The van der Waals surface area contributed by atoms with E-state index in [9.17, 15) is 4.39 Å². The Balaban J connectivity index is 2.20. The Hall–Kier alpha value is -1.50. The van der Waals surface area contributed by atoms with Crippen LogP contribution in [0.4, 0.5) is 4.39 Å². The van der Waals surface area contributed by atoms with Gasteiger partial charge in [-0.25, -0.2) is 4.39 Å². The first-order valence-electron chi connectivity index (χ1n) is 5.38. The van der Waals surface area contributed by atoms with E-state index in [4.69, 9.17) is 0 Å². The molecular formula is C13H9FIN3. The lowest BCUT2D eigenvalue weighted by Crippen LogP contribution is -1.88. The summed E-state index contributed by atoms with van der Waals surface area (Å²) in [6.45, 7) is 0. The van der Waals surface area contributed by atoms with Gasteiger partial charge < -0.3 is 0 Å². The van der Waals surface area contributed by atoms with Crippen LogP contribution in [0.2, 0.25) is 0 Å². The van der Waals surface area contributed by atoms with Gasteiger partial charge >= 0.3 is 0 Å². The highest BCUT2D eigenvalue weighted by Gasteiger charge is 2.08. The first-order chi connectivity index (χ1) is 8.65. The molecule has 0 radical (unpaired) electrons. The van der Waals surface area contributed by atoms with Crippen molar-refractivity contribution >= 4 is 33.4 Å². The van der Waals surface area contributed by atoms with Crippen molar-refractivity contribution in [2.45, 2.75) is 0 Å². The van der Waals surface area contributed by atoms with Crippen LogP contribution in [-0.4, -0.2) is 14.8 Å². The molecule has 2 heterocycles. The van der Waals surface area contributed by atoms with E-state index < -0.39 is 0 Å². The molecule has 18 heavy (non-hydrogen) atoms. The van der Waals surface area contributed by atoms with E-state index in [0.29, 0.717) is 3.57 Å². The minimum Gasteiger partial charge on any atom is -0.275 e. The number of pyridine rings is 1. The number of fused-ring (bicyclic) bond motifs is 1. The maximum absolute atomic E-state index is 13.4. The summed E-state index contributed by atoms with van der Waals surface area (Å²) in [5.41, 5.74) is 1.80.